The zero-order valence-corrected chi connectivity index (χ0v) is 18.6. The molecule has 1 saturated heterocycles. The molecule has 1 aromatic carbocycles. The number of carbonyl (C=O) groups excluding carboxylic acids is 1. The van der Waals surface area contributed by atoms with Gasteiger partial charge in [0.1, 0.15) is 5.82 Å². The van der Waals surface area contributed by atoms with E-state index in [9.17, 15) is 9.90 Å². The van der Waals surface area contributed by atoms with Crippen LogP contribution in [0.3, 0.4) is 0 Å². The second-order valence-electron chi connectivity index (χ2n) is 8.20. The molecule has 0 amide bonds. The van der Waals surface area contributed by atoms with Gasteiger partial charge >= 0.3 is 5.97 Å². The summed E-state index contributed by atoms with van der Waals surface area (Å²) in [5.41, 5.74) is 2.40. The number of fused-ring (bicyclic) bond motifs is 1. The van der Waals surface area contributed by atoms with Gasteiger partial charge in [-0.15, -0.1) is 5.10 Å². The SMILES string of the molecule is COC(=O)C1CCN([C@H](c2ccc(C(C)C)cc2)c2sc3nc(C)nn3c2O)CC1. The van der Waals surface area contributed by atoms with Crippen molar-refractivity contribution < 1.29 is 14.6 Å². The summed E-state index contributed by atoms with van der Waals surface area (Å²) in [6.07, 6.45) is 1.49. The largest absolute Gasteiger partial charge is 0.492 e. The zero-order chi connectivity index (χ0) is 21.4. The topological polar surface area (TPSA) is 80.0 Å². The summed E-state index contributed by atoms with van der Waals surface area (Å²) >= 11 is 1.47. The number of nitrogens with zero attached hydrogens (tertiary/aromatic N) is 4. The van der Waals surface area contributed by atoms with Crippen LogP contribution in [0.15, 0.2) is 24.3 Å². The van der Waals surface area contributed by atoms with E-state index in [1.54, 1.807) is 0 Å². The van der Waals surface area contributed by atoms with Gasteiger partial charge < -0.3 is 9.84 Å². The summed E-state index contributed by atoms with van der Waals surface area (Å²) in [5, 5.41) is 15.3. The number of piperidine rings is 1. The monoisotopic (exact) mass is 428 g/mol. The molecular formula is C22H28N4O3S. The molecule has 1 aliphatic rings. The van der Waals surface area contributed by atoms with E-state index < -0.39 is 0 Å². The molecule has 3 heterocycles. The number of aromatic nitrogens is 3. The highest BCUT2D eigenvalue weighted by Crippen LogP contribution is 2.41. The third-order valence-electron chi connectivity index (χ3n) is 5.90. The molecule has 160 valence electrons. The van der Waals surface area contributed by atoms with Gasteiger partial charge in [-0.05, 0) is 49.9 Å². The van der Waals surface area contributed by atoms with Crippen molar-refractivity contribution in [3.05, 3.63) is 46.1 Å². The number of benzene rings is 1. The van der Waals surface area contributed by atoms with Gasteiger partial charge in [-0.1, -0.05) is 49.4 Å². The van der Waals surface area contributed by atoms with Gasteiger partial charge in [0.05, 0.1) is 23.9 Å². The van der Waals surface area contributed by atoms with Crippen molar-refractivity contribution >= 4 is 22.3 Å². The lowest BCUT2D eigenvalue weighted by Crippen LogP contribution is -2.39. The molecule has 0 unspecified atom stereocenters. The fourth-order valence-electron chi connectivity index (χ4n) is 4.18. The smallest absolute Gasteiger partial charge is 0.308 e. The van der Waals surface area contributed by atoms with Crippen LogP contribution in [-0.4, -0.2) is 50.8 Å². The van der Waals surface area contributed by atoms with E-state index in [2.05, 4.69) is 53.1 Å². The van der Waals surface area contributed by atoms with Crippen molar-refractivity contribution in [3.8, 4) is 5.88 Å². The Morgan fingerprint density at radius 1 is 1.20 bits per heavy atom. The number of aryl methyl sites for hydroxylation is 1. The number of aromatic hydroxyl groups is 1. The quantitative estimate of drug-likeness (QED) is 0.621. The number of rotatable bonds is 5. The first-order valence-corrected chi connectivity index (χ1v) is 11.2. The molecule has 1 aliphatic heterocycles. The van der Waals surface area contributed by atoms with Crippen LogP contribution in [0.25, 0.3) is 4.96 Å². The Labute approximate surface area is 180 Å². The average molecular weight is 429 g/mol. The van der Waals surface area contributed by atoms with Gasteiger partial charge in [-0.25, -0.2) is 4.98 Å². The Morgan fingerprint density at radius 3 is 2.40 bits per heavy atom. The number of methoxy groups -OCH3 is 1. The third kappa shape index (κ3) is 3.81. The maximum atomic E-state index is 12.0. The summed E-state index contributed by atoms with van der Waals surface area (Å²) in [7, 11) is 1.45. The van der Waals surface area contributed by atoms with Crippen molar-refractivity contribution in [2.24, 2.45) is 5.92 Å². The molecule has 0 spiro atoms. The second-order valence-corrected chi connectivity index (χ2v) is 9.21. The summed E-state index contributed by atoms with van der Waals surface area (Å²) < 4.78 is 6.45. The Hall–Kier alpha value is -2.45. The fourth-order valence-corrected chi connectivity index (χ4v) is 5.34. The van der Waals surface area contributed by atoms with E-state index in [0.717, 1.165) is 36.4 Å². The minimum absolute atomic E-state index is 0.0613. The van der Waals surface area contributed by atoms with Crippen LogP contribution in [0.4, 0.5) is 0 Å². The van der Waals surface area contributed by atoms with E-state index in [1.165, 1.54) is 28.5 Å². The highest BCUT2D eigenvalue weighted by molar-refractivity contribution is 7.17. The molecule has 8 heteroatoms. The van der Waals surface area contributed by atoms with Gasteiger partial charge in [-0.3, -0.25) is 9.69 Å². The first-order valence-electron chi connectivity index (χ1n) is 10.4. The normalized spacial score (nSPS) is 17.0. The van der Waals surface area contributed by atoms with Gasteiger partial charge in [0.25, 0.3) is 0 Å². The van der Waals surface area contributed by atoms with Gasteiger partial charge in [-0.2, -0.15) is 4.52 Å². The molecule has 4 rings (SSSR count). The number of thiazole rings is 1. The molecule has 1 atom stereocenters. The standard InChI is InChI=1S/C22H28N4O3S/c1-13(2)15-5-7-16(8-6-15)18(25-11-9-17(10-12-25)21(28)29-4)19-20(27)26-22(30-19)23-14(3)24-26/h5-8,13,17-18,27H,9-12H2,1-4H3/t18-/m1/s1. The number of carbonyl (C=O) groups is 1. The molecule has 3 aromatic rings. The summed E-state index contributed by atoms with van der Waals surface area (Å²) in [6.45, 7) is 7.68. The predicted octanol–water partition coefficient (Wildman–Crippen LogP) is 3.90. The Balaban J connectivity index is 1.70. The molecule has 0 saturated carbocycles. The Morgan fingerprint density at radius 2 is 1.83 bits per heavy atom. The Bertz CT molecular complexity index is 1030. The molecule has 1 N–H and O–H groups in total. The first kappa shape index (κ1) is 20.8. The molecule has 30 heavy (non-hydrogen) atoms. The third-order valence-corrected chi connectivity index (χ3v) is 6.97. The number of ether oxygens (including phenoxy) is 1. The van der Waals surface area contributed by atoms with E-state index in [0.29, 0.717) is 16.7 Å². The van der Waals surface area contributed by atoms with Crippen LogP contribution in [0.1, 0.15) is 60.5 Å². The minimum atomic E-state index is -0.135. The maximum absolute atomic E-state index is 12.0. The van der Waals surface area contributed by atoms with Crippen molar-refractivity contribution in [1.29, 1.82) is 0 Å². The van der Waals surface area contributed by atoms with Crippen LogP contribution in [0.5, 0.6) is 5.88 Å². The van der Waals surface area contributed by atoms with Gasteiger partial charge in [0, 0.05) is 0 Å². The highest BCUT2D eigenvalue weighted by Gasteiger charge is 2.34. The lowest BCUT2D eigenvalue weighted by atomic mass is 9.93. The zero-order valence-electron chi connectivity index (χ0n) is 17.8. The lowest BCUT2D eigenvalue weighted by molar-refractivity contribution is -0.147. The molecule has 0 aliphatic carbocycles. The maximum Gasteiger partial charge on any atom is 0.308 e. The predicted molar refractivity (Wildman–Crippen MR) is 116 cm³/mol. The van der Waals surface area contributed by atoms with Crippen LogP contribution in [-0.2, 0) is 9.53 Å². The fraction of sp³-hybridized carbons (Fsp3) is 0.500. The van der Waals surface area contributed by atoms with Crippen LogP contribution in [0.2, 0.25) is 0 Å². The molecule has 7 nitrogen and oxygen atoms in total. The summed E-state index contributed by atoms with van der Waals surface area (Å²) in [6, 6.07) is 8.50. The van der Waals surface area contributed by atoms with Gasteiger partial charge in [0.15, 0.2) is 0 Å². The van der Waals surface area contributed by atoms with Gasteiger partial charge in [0.2, 0.25) is 10.8 Å². The molecular weight excluding hydrogens is 400 g/mol. The second kappa shape index (κ2) is 8.35. The summed E-state index contributed by atoms with van der Waals surface area (Å²) in [4.78, 5) is 20.2. The molecule has 0 radical (unpaired) electrons. The number of esters is 1. The minimum Gasteiger partial charge on any atom is -0.492 e. The first-order chi connectivity index (χ1) is 14.4. The molecule has 0 bridgehead atoms. The van der Waals surface area contributed by atoms with Crippen LogP contribution < -0.4 is 0 Å². The van der Waals surface area contributed by atoms with Crippen LogP contribution >= 0.6 is 11.3 Å². The highest BCUT2D eigenvalue weighted by atomic mass is 32.1. The average Bonchev–Trinajstić information content (AvgIpc) is 3.25. The lowest BCUT2D eigenvalue weighted by Gasteiger charge is -2.36. The van der Waals surface area contributed by atoms with E-state index >= 15 is 0 Å². The molecule has 2 aromatic heterocycles. The number of likely N-dealkylation sites (tertiary alicyclic amines) is 1. The number of hydrogen-bond donors (Lipinski definition) is 1. The number of hydrogen-bond acceptors (Lipinski definition) is 7. The van der Waals surface area contributed by atoms with Crippen LogP contribution in [0, 0.1) is 12.8 Å². The van der Waals surface area contributed by atoms with E-state index in [-0.39, 0.29) is 23.8 Å². The summed E-state index contributed by atoms with van der Waals surface area (Å²) in [5.74, 6) is 1.04. The van der Waals surface area contributed by atoms with Crippen molar-refractivity contribution in [2.75, 3.05) is 20.2 Å². The van der Waals surface area contributed by atoms with Crippen molar-refractivity contribution in [3.63, 3.8) is 0 Å². The van der Waals surface area contributed by atoms with E-state index in [4.69, 9.17) is 4.74 Å². The molecule has 1 fully saturated rings. The van der Waals surface area contributed by atoms with E-state index in [1.807, 2.05) is 6.92 Å². The van der Waals surface area contributed by atoms with Crippen molar-refractivity contribution in [1.82, 2.24) is 19.5 Å². The van der Waals surface area contributed by atoms with Crippen molar-refractivity contribution in [2.45, 2.75) is 45.6 Å². The Kier molecular flexibility index (Phi) is 5.79.